The predicted molar refractivity (Wildman–Crippen MR) is 117 cm³/mol. The van der Waals surface area contributed by atoms with E-state index in [0.717, 1.165) is 0 Å². The largest absolute Gasteiger partial charge is 0.479 e. The Labute approximate surface area is 199 Å². The second-order valence-corrected chi connectivity index (χ2v) is 8.89. The fourth-order valence-electron chi connectivity index (χ4n) is 3.59. The van der Waals surface area contributed by atoms with Crippen molar-refractivity contribution in [2.24, 2.45) is 5.92 Å². The first kappa shape index (κ1) is 30.7. The summed E-state index contributed by atoms with van der Waals surface area (Å²) in [6, 6.07) is 0. The van der Waals surface area contributed by atoms with Crippen LogP contribution in [0.3, 0.4) is 0 Å². The first-order valence-electron chi connectivity index (χ1n) is 11.6. The van der Waals surface area contributed by atoms with E-state index in [4.69, 9.17) is 18.9 Å². The fourth-order valence-corrected chi connectivity index (χ4v) is 3.59. The second-order valence-electron chi connectivity index (χ2n) is 8.89. The van der Waals surface area contributed by atoms with Crippen molar-refractivity contribution < 1.29 is 59.2 Å². The Kier molecular flexibility index (Phi) is 12.3. The van der Waals surface area contributed by atoms with Crippen molar-refractivity contribution in [1.82, 2.24) is 0 Å². The van der Waals surface area contributed by atoms with Gasteiger partial charge in [-0.15, -0.1) is 0 Å². The molecule has 1 rings (SSSR count). The third-order valence-electron chi connectivity index (χ3n) is 6.02. The van der Waals surface area contributed by atoms with Crippen molar-refractivity contribution in [2.45, 2.75) is 122 Å². The summed E-state index contributed by atoms with van der Waals surface area (Å²) in [5.41, 5.74) is 0. The number of carboxylic acid groups (broad SMARTS) is 2. The predicted octanol–water partition coefficient (Wildman–Crippen LogP) is -0.267. The third kappa shape index (κ3) is 7.82. The Bertz CT molecular complexity index is 641. The van der Waals surface area contributed by atoms with Crippen molar-refractivity contribution in [2.75, 3.05) is 0 Å². The van der Waals surface area contributed by atoms with Crippen LogP contribution < -0.4 is 0 Å². The van der Waals surface area contributed by atoms with Crippen LogP contribution in [0.1, 0.15) is 54.4 Å². The molecule has 12 heteroatoms. The van der Waals surface area contributed by atoms with Gasteiger partial charge in [0, 0.05) is 0 Å². The number of aliphatic hydroxyl groups is 4. The van der Waals surface area contributed by atoms with E-state index in [9.17, 15) is 40.2 Å². The minimum atomic E-state index is -1.81. The van der Waals surface area contributed by atoms with Crippen LogP contribution in [-0.2, 0) is 28.5 Å². The number of carboxylic acids is 2. The van der Waals surface area contributed by atoms with Gasteiger partial charge in [-0.05, 0) is 33.1 Å². The molecule has 0 radical (unpaired) electrons. The van der Waals surface area contributed by atoms with Gasteiger partial charge in [-0.2, -0.15) is 0 Å². The molecule has 1 aliphatic rings. The van der Waals surface area contributed by atoms with Gasteiger partial charge in [0.25, 0.3) is 0 Å². The molecule has 12 nitrogen and oxygen atoms in total. The van der Waals surface area contributed by atoms with E-state index in [2.05, 4.69) is 0 Å². The van der Waals surface area contributed by atoms with Gasteiger partial charge in [-0.3, -0.25) is 0 Å². The lowest BCUT2D eigenvalue weighted by Crippen LogP contribution is -2.63. The summed E-state index contributed by atoms with van der Waals surface area (Å²) in [5, 5.41) is 60.8. The van der Waals surface area contributed by atoms with E-state index in [-0.39, 0.29) is 5.92 Å². The molecule has 6 N–H and O–H groups in total. The highest BCUT2D eigenvalue weighted by Crippen LogP contribution is 2.31. The molecular formula is C22H40O12. The highest BCUT2D eigenvalue weighted by molar-refractivity contribution is 5.74. The number of hydrogen-bond donors (Lipinski definition) is 6. The molecular weight excluding hydrogens is 456 g/mol. The van der Waals surface area contributed by atoms with E-state index in [1.165, 1.54) is 13.8 Å². The maximum atomic E-state index is 11.9. The molecule has 0 aromatic carbocycles. The van der Waals surface area contributed by atoms with Crippen molar-refractivity contribution in [3.63, 3.8) is 0 Å². The smallest absolute Gasteiger partial charge is 0.335 e. The summed E-state index contributed by atoms with van der Waals surface area (Å²) < 4.78 is 22.1. The van der Waals surface area contributed by atoms with Crippen LogP contribution in [0.5, 0.6) is 0 Å². The fraction of sp³-hybridized carbons (Fsp3) is 0.909. The van der Waals surface area contributed by atoms with Gasteiger partial charge >= 0.3 is 11.9 Å². The lowest BCUT2D eigenvalue weighted by Gasteiger charge is -2.44. The summed E-state index contributed by atoms with van der Waals surface area (Å²) in [5.74, 6) is -3.28. The Morgan fingerprint density at radius 2 is 1.50 bits per heavy atom. The van der Waals surface area contributed by atoms with Crippen LogP contribution in [0.4, 0.5) is 0 Å². The summed E-state index contributed by atoms with van der Waals surface area (Å²) in [7, 11) is 0. The van der Waals surface area contributed by atoms with E-state index < -0.39 is 79.3 Å². The van der Waals surface area contributed by atoms with Gasteiger partial charge < -0.3 is 49.6 Å². The van der Waals surface area contributed by atoms with Crippen LogP contribution >= 0.6 is 0 Å². The van der Waals surface area contributed by atoms with E-state index in [0.29, 0.717) is 12.8 Å². The van der Waals surface area contributed by atoms with Gasteiger partial charge in [-0.25, -0.2) is 9.59 Å². The Balaban J connectivity index is 3.20. The monoisotopic (exact) mass is 496 g/mol. The minimum absolute atomic E-state index is 0.280. The standard InChI is InChI=1S/C22H40O12/c1-7-9(3)15-13(25)14(26)17(19(32-15)21(29)30)33-22(12(6)24)34-18(20(27)28)16(11(5)23)31-10(4)8-2/h9-19,22-26H,7-8H2,1-6H3,(H,27,28)(H,29,30). The number of carbonyl (C=O) groups is 2. The first-order chi connectivity index (χ1) is 15.8. The van der Waals surface area contributed by atoms with Crippen molar-refractivity contribution in [3.8, 4) is 0 Å². The Morgan fingerprint density at radius 1 is 0.912 bits per heavy atom. The molecule has 1 heterocycles. The van der Waals surface area contributed by atoms with Gasteiger partial charge in [0.15, 0.2) is 18.5 Å². The molecule has 12 atom stereocenters. The number of aliphatic hydroxyl groups excluding tert-OH is 4. The topological polar surface area (TPSA) is 192 Å². The molecule has 0 bridgehead atoms. The molecule has 1 fully saturated rings. The number of rotatable bonds is 14. The molecule has 34 heavy (non-hydrogen) atoms. The van der Waals surface area contributed by atoms with E-state index in [1.54, 1.807) is 20.8 Å². The zero-order valence-corrected chi connectivity index (χ0v) is 20.5. The van der Waals surface area contributed by atoms with E-state index in [1.807, 2.05) is 6.92 Å². The number of ether oxygens (including phenoxy) is 4. The molecule has 0 aromatic heterocycles. The summed E-state index contributed by atoms with van der Waals surface area (Å²) in [4.78, 5) is 23.8. The lowest BCUT2D eigenvalue weighted by molar-refractivity contribution is -0.308. The average Bonchev–Trinajstić information content (AvgIpc) is 2.76. The normalized spacial score (nSPS) is 31.6. The zero-order chi connectivity index (χ0) is 26.3. The van der Waals surface area contributed by atoms with Gasteiger partial charge in [0.2, 0.25) is 0 Å². The molecule has 1 aliphatic heterocycles. The minimum Gasteiger partial charge on any atom is -0.479 e. The molecule has 0 amide bonds. The lowest BCUT2D eigenvalue weighted by atomic mass is 9.87. The van der Waals surface area contributed by atoms with Crippen molar-refractivity contribution >= 4 is 11.9 Å². The SMILES string of the molecule is CCC(C)OC(C(C)O)C(OC(OC1C(C(=O)O)OC(C(C)CC)C(O)C1O)C(C)O)C(=O)O. The maximum absolute atomic E-state index is 11.9. The quantitative estimate of drug-likeness (QED) is 0.173. The molecule has 1 saturated heterocycles. The van der Waals surface area contributed by atoms with Gasteiger partial charge in [0.05, 0.1) is 18.3 Å². The van der Waals surface area contributed by atoms with Gasteiger partial charge in [-0.1, -0.05) is 27.2 Å². The summed E-state index contributed by atoms with van der Waals surface area (Å²) in [6.45, 7) is 9.55. The molecule has 0 aliphatic carbocycles. The Hall–Kier alpha value is -1.38. The summed E-state index contributed by atoms with van der Waals surface area (Å²) >= 11 is 0. The van der Waals surface area contributed by atoms with Crippen LogP contribution in [0, 0.1) is 5.92 Å². The molecule has 0 aromatic rings. The molecule has 0 spiro atoms. The molecule has 200 valence electrons. The van der Waals surface area contributed by atoms with Crippen molar-refractivity contribution in [1.29, 1.82) is 0 Å². The highest BCUT2D eigenvalue weighted by Gasteiger charge is 2.51. The molecule has 0 saturated carbocycles. The van der Waals surface area contributed by atoms with Crippen LogP contribution in [0.15, 0.2) is 0 Å². The number of aliphatic carboxylic acids is 2. The van der Waals surface area contributed by atoms with Crippen LogP contribution in [0.2, 0.25) is 0 Å². The average molecular weight is 497 g/mol. The van der Waals surface area contributed by atoms with Gasteiger partial charge in [0.1, 0.15) is 30.5 Å². The first-order valence-corrected chi connectivity index (χ1v) is 11.6. The third-order valence-corrected chi connectivity index (χ3v) is 6.02. The Morgan fingerprint density at radius 3 is 1.91 bits per heavy atom. The van der Waals surface area contributed by atoms with E-state index >= 15 is 0 Å². The van der Waals surface area contributed by atoms with Crippen molar-refractivity contribution in [3.05, 3.63) is 0 Å². The summed E-state index contributed by atoms with van der Waals surface area (Å²) in [6.07, 6.45) is -14.7. The second kappa shape index (κ2) is 13.6. The van der Waals surface area contributed by atoms with Crippen LogP contribution in [-0.4, -0.2) is 110 Å². The zero-order valence-electron chi connectivity index (χ0n) is 20.5. The highest BCUT2D eigenvalue weighted by atomic mass is 16.7. The number of hydrogen-bond acceptors (Lipinski definition) is 10. The maximum Gasteiger partial charge on any atom is 0.335 e. The van der Waals surface area contributed by atoms with Crippen LogP contribution in [0.25, 0.3) is 0 Å². The molecule has 12 unspecified atom stereocenters.